The van der Waals surface area contributed by atoms with Gasteiger partial charge < -0.3 is 9.47 Å². The molecule has 18 heavy (non-hydrogen) atoms. The van der Waals surface area contributed by atoms with Gasteiger partial charge in [-0.3, -0.25) is 4.79 Å². The molecule has 4 nitrogen and oxygen atoms in total. The third-order valence-corrected chi connectivity index (χ3v) is 2.40. The molecule has 0 aliphatic carbocycles. The molecule has 0 N–H and O–H groups in total. The zero-order valence-corrected chi connectivity index (χ0v) is 10.7. The maximum absolute atomic E-state index is 11.4. The second-order valence-corrected chi connectivity index (χ2v) is 3.94. The van der Waals surface area contributed by atoms with Gasteiger partial charge in [0.05, 0.1) is 25.0 Å². The van der Waals surface area contributed by atoms with E-state index in [4.69, 9.17) is 14.7 Å². The fourth-order valence-corrected chi connectivity index (χ4v) is 1.37. The standard InChI is InChI=1S/C14H17NO3/c1-3-17-14(16)11(2)10-18-13-6-4-12(5-7-13)8-9-15/h4-7,11H,3,8,10H2,1-2H3. The highest BCUT2D eigenvalue weighted by atomic mass is 16.5. The molecule has 0 aromatic heterocycles. The first-order valence-electron chi connectivity index (χ1n) is 5.92. The summed E-state index contributed by atoms with van der Waals surface area (Å²) in [6, 6.07) is 9.35. The first kappa shape index (κ1) is 14.0. The van der Waals surface area contributed by atoms with Crippen molar-refractivity contribution in [1.82, 2.24) is 0 Å². The highest BCUT2D eigenvalue weighted by Crippen LogP contribution is 2.13. The van der Waals surface area contributed by atoms with Crippen molar-refractivity contribution in [3.63, 3.8) is 0 Å². The number of nitriles is 1. The summed E-state index contributed by atoms with van der Waals surface area (Å²) < 4.78 is 10.4. The smallest absolute Gasteiger partial charge is 0.312 e. The van der Waals surface area contributed by atoms with Crippen molar-refractivity contribution >= 4 is 5.97 Å². The Morgan fingerprint density at radius 1 is 1.39 bits per heavy atom. The van der Waals surface area contributed by atoms with Crippen LogP contribution in [0.5, 0.6) is 5.75 Å². The molecule has 1 unspecified atom stereocenters. The van der Waals surface area contributed by atoms with Gasteiger partial charge in [-0.25, -0.2) is 0 Å². The van der Waals surface area contributed by atoms with E-state index in [2.05, 4.69) is 6.07 Å². The largest absolute Gasteiger partial charge is 0.493 e. The van der Waals surface area contributed by atoms with Crippen LogP contribution in [0.2, 0.25) is 0 Å². The maximum Gasteiger partial charge on any atom is 0.312 e. The van der Waals surface area contributed by atoms with E-state index in [9.17, 15) is 4.79 Å². The zero-order valence-electron chi connectivity index (χ0n) is 10.7. The van der Waals surface area contributed by atoms with Gasteiger partial charge in [0.2, 0.25) is 0 Å². The molecule has 0 radical (unpaired) electrons. The monoisotopic (exact) mass is 247 g/mol. The zero-order chi connectivity index (χ0) is 13.4. The normalized spacial score (nSPS) is 11.4. The predicted molar refractivity (Wildman–Crippen MR) is 67.1 cm³/mol. The van der Waals surface area contributed by atoms with E-state index in [1.54, 1.807) is 26.0 Å². The van der Waals surface area contributed by atoms with Gasteiger partial charge in [-0.2, -0.15) is 5.26 Å². The topological polar surface area (TPSA) is 59.3 Å². The second kappa shape index (κ2) is 7.33. The molecule has 1 aromatic carbocycles. The Morgan fingerprint density at radius 3 is 2.61 bits per heavy atom. The summed E-state index contributed by atoms with van der Waals surface area (Å²) in [5.41, 5.74) is 0.947. The average Bonchev–Trinajstić information content (AvgIpc) is 2.38. The molecule has 1 atom stereocenters. The second-order valence-electron chi connectivity index (χ2n) is 3.94. The number of ether oxygens (including phenoxy) is 2. The number of benzene rings is 1. The Kier molecular flexibility index (Phi) is 5.72. The Hall–Kier alpha value is -2.02. The van der Waals surface area contributed by atoms with E-state index in [-0.39, 0.29) is 18.5 Å². The molecule has 4 heteroatoms. The molecule has 0 aliphatic heterocycles. The number of hydrogen-bond acceptors (Lipinski definition) is 4. The SMILES string of the molecule is CCOC(=O)C(C)COc1ccc(CC#N)cc1. The third kappa shape index (κ3) is 4.46. The van der Waals surface area contributed by atoms with Crippen LogP contribution in [0.3, 0.4) is 0 Å². The van der Waals surface area contributed by atoms with E-state index in [0.29, 0.717) is 18.8 Å². The molecule has 0 saturated heterocycles. The van der Waals surface area contributed by atoms with Crippen LogP contribution in [0.15, 0.2) is 24.3 Å². The van der Waals surface area contributed by atoms with Crippen LogP contribution in [-0.2, 0) is 16.0 Å². The number of hydrogen-bond donors (Lipinski definition) is 0. The van der Waals surface area contributed by atoms with Crippen LogP contribution in [0.25, 0.3) is 0 Å². The summed E-state index contributed by atoms with van der Waals surface area (Å²) in [7, 11) is 0. The lowest BCUT2D eigenvalue weighted by molar-refractivity contribution is -0.148. The number of carbonyl (C=O) groups excluding carboxylic acids is 1. The maximum atomic E-state index is 11.4. The van der Waals surface area contributed by atoms with Crippen molar-refractivity contribution in [2.45, 2.75) is 20.3 Å². The first-order valence-corrected chi connectivity index (χ1v) is 5.92. The summed E-state index contributed by atoms with van der Waals surface area (Å²) in [5, 5.41) is 8.54. The van der Waals surface area contributed by atoms with E-state index < -0.39 is 0 Å². The number of nitrogens with zero attached hydrogens (tertiary/aromatic N) is 1. The van der Waals surface area contributed by atoms with Gasteiger partial charge in [-0.15, -0.1) is 0 Å². The minimum atomic E-state index is -0.288. The lowest BCUT2D eigenvalue weighted by Crippen LogP contribution is -2.21. The summed E-state index contributed by atoms with van der Waals surface area (Å²) in [4.78, 5) is 11.4. The Bertz CT molecular complexity index is 420. The van der Waals surface area contributed by atoms with Crippen molar-refractivity contribution in [2.75, 3.05) is 13.2 Å². The molecule has 96 valence electrons. The Labute approximate surface area is 107 Å². The average molecular weight is 247 g/mol. The van der Waals surface area contributed by atoms with Gasteiger partial charge in [0, 0.05) is 0 Å². The number of esters is 1. The molecule has 0 heterocycles. The molecular weight excluding hydrogens is 230 g/mol. The molecular formula is C14H17NO3. The molecule has 0 saturated carbocycles. The summed E-state index contributed by atoms with van der Waals surface area (Å²) in [5.74, 6) is 0.148. The molecule has 1 aromatic rings. The Balaban J connectivity index is 2.44. The third-order valence-electron chi connectivity index (χ3n) is 2.40. The van der Waals surface area contributed by atoms with Crippen LogP contribution in [-0.4, -0.2) is 19.2 Å². The van der Waals surface area contributed by atoms with Gasteiger partial charge in [0.25, 0.3) is 0 Å². The van der Waals surface area contributed by atoms with Crippen molar-refractivity contribution in [1.29, 1.82) is 5.26 Å². The summed E-state index contributed by atoms with van der Waals surface area (Å²) >= 11 is 0. The minimum Gasteiger partial charge on any atom is -0.493 e. The fourth-order valence-electron chi connectivity index (χ4n) is 1.37. The molecule has 0 bridgehead atoms. The quantitative estimate of drug-likeness (QED) is 0.724. The predicted octanol–water partition coefficient (Wildman–Crippen LogP) is 2.33. The van der Waals surface area contributed by atoms with Gasteiger partial charge in [-0.05, 0) is 31.5 Å². The van der Waals surface area contributed by atoms with Gasteiger partial charge in [0.1, 0.15) is 12.4 Å². The van der Waals surface area contributed by atoms with Crippen molar-refractivity contribution < 1.29 is 14.3 Å². The van der Waals surface area contributed by atoms with Crippen LogP contribution >= 0.6 is 0 Å². The van der Waals surface area contributed by atoms with Crippen LogP contribution in [0.4, 0.5) is 0 Å². The molecule has 0 fully saturated rings. The van der Waals surface area contributed by atoms with Crippen molar-refractivity contribution in [3.05, 3.63) is 29.8 Å². The lowest BCUT2D eigenvalue weighted by Gasteiger charge is -2.12. The number of rotatable bonds is 6. The van der Waals surface area contributed by atoms with E-state index in [0.717, 1.165) is 5.56 Å². The number of carbonyl (C=O) groups is 1. The summed E-state index contributed by atoms with van der Waals surface area (Å²) in [6.45, 7) is 4.21. The highest BCUT2D eigenvalue weighted by Gasteiger charge is 2.14. The summed E-state index contributed by atoms with van der Waals surface area (Å²) in [6.07, 6.45) is 0.388. The highest BCUT2D eigenvalue weighted by molar-refractivity contribution is 5.72. The lowest BCUT2D eigenvalue weighted by atomic mass is 10.1. The fraction of sp³-hybridized carbons (Fsp3) is 0.429. The van der Waals surface area contributed by atoms with E-state index >= 15 is 0 Å². The van der Waals surface area contributed by atoms with E-state index in [1.807, 2.05) is 12.1 Å². The van der Waals surface area contributed by atoms with Crippen LogP contribution < -0.4 is 4.74 Å². The van der Waals surface area contributed by atoms with Gasteiger partial charge in [0.15, 0.2) is 0 Å². The van der Waals surface area contributed by atoms with Crippen LogP contribution in [0, 0.1) is 17.2 Å². The van der Waals surface area contributed by atoms with E-state index in [1.165, 1.54) is 0 Å². The molecule has 0 aliphatic rings. The molecule has 1 rings (SSSR count). The van der Waals surface area contributed by atoms with Crippen molar-refractivity contribution in [3.8, 4) is 11.8 Å². The van der Waals surface area contributed by atoms with Crippen molar-refractivity contribution in [2.24, 2.45) is 5.92 Å². The Morgan fingerprint density at radius 2 is 2.06 bits per heavy atom. The minimum absolute atomic E-state index is 0.251. The first-order chi connectivity index (χ1) is 8.67. The van der Waals surface area contributed by atoms with Gasteiger partial charge >= 0.3 is 5.97 Å². The van der Waals surface area contributed by atoms with Gasteiger partial charge in [-0.1, -0.05) is 12.1 Å². The molecule has 0 amide bonds. The van der Waals surface area contributed by atoms with Crippen LogP contribution in [0.1, 0.15) is 19.4 Å². The molecule has 0 spiro atoms.